The lowest BCUT2D eigenvalue weighted by molar-refractivity contribution is -0.124. The van der Waals surface area contributed by atoms with Crippen LogP contribution in [-0.2, 0) is 9.53 Å². The molecule has 1 aliphatic rings. The second-order valence-corrected chi connectivity index (χ2v) is 7.86. The van der Waals surface area contributed by atoms with Crippen LogP contribution in [0.2, 0.25) is 0 Å². The smallest absolute Gasteiger partial charge is 0.244 e. The number of hydrogen-bond acceptors (Lipinski definition) is 4. The van der Waals surface area contributed by atoms with Crippen molar-refractivity contribution in [3.05, 3.63) is 36.5 Å². The molecule has 0 saturated carbocycles. The fraction of sp³-hybridized carbons (Fsp3) is 0.500. The first kappa shape index (κ1) is 21.5. The Morgan fingerprint density at radius 3 is 2.76 bits per heavy atom. The molecule has 3 atom stereocenters. The van der Waals surface area contributed by atoms with Crippen LogP contribution in [0, 0.1) is 0 Å². The summed E-state index contributed by atoms with van der Waals surface area (Å²) in [5, 5.41) is 7.48. The van der Waals surface area contributed by atoms with Gasteiger partial charge in [0.1, 0.15) is 6.04 Å². The van der Waals surface area contributed by atoms with Crippen LogP contribution in [0.1, 0.15) is 25.8 Å². The molecule has 0 spiro atoms. The number of allylic oxidation sites excluding steroid dienone is 1. The van der Waals surface area contributed by atoms with Gasteiger partial charge in [-0.1, -0.05) is 18.7 Å². The monoisotopic (exact) mass is 402 g/mol. The average Bonchev–Trinajstić information content (AvgIpc) is 3.10. The van der Waals surface area contributed by atoms with E-state index in [-0.39, 0.29) is 11.9 Å². The Hall–Kier alpha value is -2.22. The zero-order valence-corrected chi connectivity index (χ0v) is 17.4. The molecule has 3 N–H and O–H groups in total. The SMILES string of the molecule is C=C(CCF)c1c[nH]c2c(NC(=O)C(COC)N3CC(C)N[C@H](C)C3)cccc12. The van der Waals surface area contributed by atoms with E-state index < -0.39 is 6.67 Å². The first-order valence-electron chi connectivity index (χ1n) is 10.1. The van der Waals surface area contributed by atoms with Crippen LogP contribution in [0.25, 0.3) is 16.5 Å². The molecule has 3 rings (SSSR count). The van der Waals surface area contributed by atoms with Gasteiger partial charge in [-0.25, -0.2) is 0 Å². The van der Waals surface area contributed by atoms with Crippen molar-refractivity contribution in [1.29, 1.82) is 0 Å². The number of anilines is 1. The number of methoxy groups -OCH3 is 1. The van der Waals surface area contributed by atoms with Crippen molar-refractivity contribution in [3.63, 3.8) is 0 Å². The second-order valence-electron chi connectivity index (χ2n) is 7.86. The van der Waals surface area contributed by atoms with Gasteiger partial charge in [0.05, 0.1) is 24.5 Å². The summed E-state index contributed by atoms with van der Waals surface area (Å²) in [5.74, 6) is -0.0978. The number of hydrogen-bond donors (Lipinski definition) is 3. The number of nitrogens with zero attached hydrogens (tertiary/aromatic N) is 1. The highest BCUT2D eigenvalue weighted by atomic mass is 19.1. The third-order valence-corrected chi connectivity index (χ3v) is 5.40. The molecule has 0 bridgehead atoms. The molecule has 1 amide bonds. The van der Waals surface area contributed by atoms with Crippen LogP contribution < -0.4 is 10.6 Å². The molecular weight excluding hydrogens is 371 g/mol. The third kappa shape index (κ3) is 4.86. The van der Waals surface area contributed by atoms with Crippen molar-refractivity contribution >= 4 is 28.1 Å². The van der Waals surface area contributed by atoms with Gasteiger partial charge in [0.2, 0.25) is 5.91 Å². The third-order valence-electron chi connectivity index (χ3n) is 5.40. The molecule has 0 radical (unpaired) electrons. The van der Waals surface area contributed by atoms with Gasteiger partial charge in [-0.15, -0.1) is 0 Å². The maximum atomic E-state index is 13.2. The maximum Gasteiger partial charge on any atom is 0.244 e. The Morgan fingerprint density at radius 2 is 2.10 bits per heavy atom. The zero-order chi connectivity index (χ0) is 21.0. The highest BCUT2D eigenvalue weighted by molar-refractivity contribution is 6.05. The number of rotatable bonds is 8. The number of carbonyl (C=O) groups excluding carboxylic acids is 1. The summed E-state index contributed by atoms with van der Waals surface area (Å²) < 4.78 is 18.1. The Kier molecular flexibility index (Phi) is 7.05. The van der Waals surface area contributed by atoms with Gasteiger partial charge in [-0.05, 0) is 25.5 Å². The molecule has 1 saturated heterocycles. The number of amides is 1. The van der Waals surface area contributed by atoms with Crippen molar-refractivity contribution < 1.29 is 13.9 Å². The first-order chi connectivity index (χ1) is 13.9. The number of halogens is 1. The van der Waals surface area contributed by atoms with Crippen molar-refractivity contribution in [1.82, 2.24) is 15.2 Å². The number of fused-ring (bicyclic) bond motifs is 1. The summed E-state index contributed by atoms with van der Waals surface area (Å²) in [6, 6.07) is 5.94. The number of aromatic amines is 1. The van der Waals surface area contributed by atoms with E-state index in [2.05, 4.69) is 40.9 Å². The fourth-order valence-corrected chi connectivity index (χ4v) is 4.14. The van der Waals surface area contributed by atoms with Crippen molar-refractivity contribution in [2.24, 2.45) is 0 Å². The van der Waals surface area contributed by atoms with E-state index in [1.54, 1.807) is 7.11 Å². The predicted octanol–water partition coefficient (Wildman–Crippen LogP) is 3.18. The largest absolute Gasteiger partial charge is 0.383 e. The molecule has 29 heavy (non-hydrogen) atoms. The maximum absolute atomic E-state index is 13.2. The molecule has 1 fully saturated rings. The highest BCUT2D eigenvalue weighted by Gasteiger charge is 2.31. The molecule has 6 nitrogen and oxygen atoms in total. The van der Waals surface area contributed by atoms with Crippen LogP contribution in [0.5, 0.6) is 0 Å². The van der Waals surface area contributed by atoms with Crippen molar-refractivity contribution in [2.75, 3.05) is 38.8 Å². The molecular formula is C22H31FN4O2. The standard InChI is InChI=1S/C22H31FN4O2/c1-14(8-9-23)18-10-24-21-17(18)6-5-7-19(21)26-22(28)20(13-29-4)27-11-15(2)25-16(3)12-27/h5-7,10,15-16,20,24-25H,1,8-9,11-13H2,2-4H3,(H,26,28)/t15-,16?,20?/m1/s1. The van der Waals surface area contributed by atoms with E-state index in [0.29, 0.717) is 30.8 Å². The molecule has 1 aromatic heterocycles. The van der Waals surface area contributed by atoms with Gasteiger partial charge in [0.15, 0.2) is 0 Å². The molecule has 2 aromatic rings. The number of benzene rings is 1. The van der Waals surface area contributed by atoms with E-state index in [4.69, 9.17) is 4.74 Å². The number of piperazine rings is 1. The lowest BCUT2D eigenvalue weighted by Gasteiger charge is -2.39. The minimum Gasteiger partial charge on any atom is -0.383 e. The van der Waals surface area contributed by atoms with Crippen LogP contribution in [-0.4, -0.2) is 67.4 Å². The fourth-order valence-electron chi connectivity index (χ4n) is 4.14. The molecule has 1 aromatic carbocycles. The number of aromatic nitrogens is 1. The number of para-hydroxylation sites is 1. The first-order valence-corrected chi connectivity index (χ1v) is 10.1. The Bertz CT molecular complexity index is 856. The summed E-state index contributed by atoms with van der Waals surface area (Å²) in [5.41, 5.74) is 3.13. The van der Waals surface area contributed by atoms with E-state index in [1.165, 1.54) is 0 Å². The summed E-state index contributed by atoms with van der Waals surface area (Å²) in [6.45, 7) is 9.67. The van der Waals surface area contributed by atoms with Gasteiger partial charge in [0.25, 0.3) is 0 Å². The molecule has 158 valence electrons. The Labute approximate surface area is 171 Å². The van der Waals surface area contributed by atoms with Gasteiger partial charge >= 0.3 is 0 Å². The highest BCUT2D eigenvalue weighted by Crippen LogP contribution is 2.30. The molecule has 1 aliphatic heterocycles. The van der Waals surface area contributed by atoms with Gasteiger partial charge in [-0.2, -0.15) is 0 Å². The van der Waals surface area contributed by atoms with Crippen LogP contribution in [0.3, 0.4) is 0 Å². The number of carbonyl (C=O) groups is 1. The van der Waals surface area contributed by atoms with E-state index >= 15 is 0 Å². The number of H-pyrrole nitrogens is 1. The van der Waals surface area contributed by atoms with Gasteiger partial charge in [0, 0.05) is 55.9 Å². The summed E-state index contributed by atoms with van der Waals surface area (Å²) in [7, 11) is 1.61. The predicted molar refractivity (Wildman–Crippen MR) is 116 cm³/mol. The van der Waals surface area contributed by atoms with Gasteiger partial charge < -0.3 is 20.4 Å². The Morgan fingerprint density at radius 1 is 1.38 bits per heavy atom. The Balaban J connectivity index is 1.83. The lowest BCUT2D eigenvalue weighted by Crippen LogP contribution is -2.60. The average molecular weight is 403 g/mol. The second kappa shape index (κ2) is 9.52. The minimum atomic E-state index is -0.442. The van der Waals surface area contributed by atoms with Crippen molar-refractivity contribution in [3.8, 4) is 0 Å². The number of alkyl halides is 1. The topological polar surface area (TPSA) is 69.4 Å². The van der Waals surface area contributed by atoms with Crippen LogP contribution in [0.4, 0.5) is 10.1 Å². The number of nitrogens with one attached hydrogen (secondary N) is 3. The zero-order valence-electron chi connectivity index (χ0n) is 17.4. The van der Waals surface area contributed by atoms with E-state index in [1.807, 2.05) is 24.4 Å². The summed E-state index contributed by atoms with van der Waals surface area (Å²) in [4.78, 5) is 18.6. The van der Waals surface area contributed by atoms with E-state index in [9.17, 15) is 9.18 Å². The van der Waals surface area contributed by atoms with Crippen LogP contribution in [0.15, 0.2) is 31.0 Å². The molecule has 2 unspecified atom stereocenters. The van der Waals surface area contributed by atoms with Gasteiger partial charge in [-0.3, -0.25) is 14.1 Å². The normalized spacial score (nSPS) is 21.2. The summed E-state index contributed by atoms with van der Waals surface area (Å²) >= 11 is 0. The molecule has 7 heteroatoms. The van der Waals surface area contributed by atoms with Crippen LogP contribution >= 0.6 is 0 Å². The molecule has 2 heterocycles. The number of ether oxygens (including phenoxy) is 1. The summed E-state index contributed by atoms with van der Waals surface area (Å²) in [6.07, 6.45) is 2.11. The quantitative estimate of drug-likeness (QED) is 0.634. The van der Waals surface area contributed by atoms with Crippen molar-refractivity contribution in [2.45, 2.75) is 38.4 Å². The molecule has 0 aliphatic carbocycles. The lowest BCUT2D eigenvalue weighted by atomic mass is 10.0. The minimum absolute atomic E-state index is 0.0978. The van der Waals surface area contributed by atoms with E-state index in [0.717, 1.165) is 35.1 Å².